The third kappa shape index (κ3) is 3.36. The molecular formula is C7H9NO. The van der Waals surface area contributed by atoms with Crippen LogP contribution >= 0.6 is 0 Å². The maximum Gasteiger partial charge on any atom is 0.244 e. The summed E-state index contributed by atoms with van der Waals surface area (Å²) < 4.78 is 0. The van der Waals surface area contributed by atoms with Crippen LogP contribution in [0.4, 0.5) is 0 Å². The molecule has 2 nitrogen and oxygen atoms in total. The van der Waals surface area contributed by atoms with Gasteiger partial charge in [-0.15, -0.1) is 5.92 Å². The second-order valence-electron chi connectivity index (χ2n) is 1.59. The van der Waals surface area contributed by atoms with Crippen molar-refractivity contribution in [3.63, 3.8) is 0 Å². The van der Waals surface area contributed by atoms with Crippen LogP contribution in [0.25, 0.3) is 0 Å². The highest BCUT2D eigenvalue weighted by molar-refractivity contribution is 5.91. The predicted molar refractivity (Wildman–Crippen MR) is 36.4 cm³/mol. The third-order valence-electron chi connectivity index (χ3n) is 0.822. The predicted octanol–water partition coefficient (Wildman–Crippen LogP) is 0.441. The number of hydrogen-bond acceptors (Lipinski definition) is 1. The first-order valence-electron chi connectivity index (χ1n) is 2.57. The van der Waals surface area contributed by atoms with E-state index in [-0.39, 0.29) is 0 Å². The molecule has 0 bridgehead atoms. The van der Waals surface area contributed by atoms with E-state index in [1.165, 1.54) is 6.08 Å². The second kappa shape index (κ2) is 3.73. The average Bonchev–Trinajstić information content (AvgIpc) is 1.82. The molecule has 2 N–H and O–H groups in total. The molecule has 0 atom stereocenters. The van der Waals surface area contributed by atoms with E-state index in [1.54, 1.807) is 13.8 Å². The molecule has 0 saturated carbocycles. The summed E-state index contributed by atoms with van der Waals surface area (Å²) in [5, 5.41) is 0. The molecular weight excluding hydrogens is 114 g/mol. The van der Waals surface area contributed by atoms with E-state index in [9.17, 15) is 4.79 Å². The van der Waals surface area contributed by atoms with E-state index in [0.29, 0.717) is 5.57 Å². The normalized spacial score (nSPS) is 9.78. The maximum absolute atomic E-state index is 10.3. The van der Waals surface area contributed by atoms with E-state index < -0.39 is 5.91 Å². The van der Waals surface area contributed by atoms with Crippen molar-refractivity contribution in [3.05, 3.63) is 11.6 Å². The first-order chi connectivity index (χ1) is 4.18. The Morgan fingerprint density at radius 3 is 2.56 bits per heavy atom. The van der Waals surface area contributed by atoms with Crippen LogP contribution in [0.15, 0.2) is 11.6 Å². The van der Waals surface area contributed by atoms with E-state index in [2.05, 4.69) is 11.8 Å². The standard InChI is InChI=1S/C7H9NO/c1-3-4-5-6(2)7(8)9/h5H,1-2H3,(H2,8,9)/b6-5+. The van der Waals surface area contributed by atoms with E-state index in [4.69, 9.17) is 5.73 Å². The van der Waals surface area contributed by atoms with Crippen molar-refractivity contribution in [2.75, 3.05) is 0 Å². The molecule has 1 amide bonds. The van der Waals surface area contributed by atoms with Gasteiger partial charge < -0.3 is 5.73 Å². The lowest BCUT2D eigenvalue weighted by Crippen LogP contribution is -2.11. The highest BCUT2D eigenvalue weighted by Crippen LogP contribution is 1.86. The number of allylic oxidation sites excluding steroid dienone is 1. The van der Waals surface area contributed by atoms with Gasteiger partial charge in [0.25, 0.3) is 0 Å². The molecule has 0 spiro atoms. The van der Waals surface area contributed by atoms with E-state index in [0.717, 1.165) is 0 Å². The van der Waals surface area contributed by atoms with Crippen LogP contribution in [-0.2, 0) is 4.79 Å². The summed E-state index contributed by atoms with van der Waals surface area (Å²) in [7, 11) is 0. The van der Waals surface area contributed by atoms with Crippen molar-refractivity contribution in [2.24, 2.45) is 5.73 Å². The summed E-state index contributed by atoms with van der Waals surface area (Å²) in [6.45, 7) is 3.33. The average molecular weight is 123 g/mol. The van der Waals surface area contributed by atoms with Gasteiger partial charge in [0.15, 0.2) is 0 Å². The molecule has 0 aromatic rings. The van der Waals surface area contributed by atoms with Crippen LogP contribution < -0.4 is 5.73 Å². The zero-order valence-corrected chi connectivity index (χ0v) is 5.56. The quantitative estimate of drug-likeness (QED) is 0.399. The van der Waals surface area contributed by atoms with Gasteiger partial charge in [0.05, 0.1) is 0 Å². The minimum atomic E-state index is -0.419. The molecule has 0 aliphatic heterocycles. The molecule has 0 aliphatic carbocycles. The molecule has 2 heteroatoms. The van der Waals surface area contributed by atoms with Gasteiger partial charge in [-0.2, -0.15) is 0 Å². The first kappa shape index (κ1) is 7.77. The highest BCUT2D eigenvalue weighted by atomic mass is 16.1. The Labute approximate surface area is 54.7 Å². The lowest BCUT2D eigenvalue weighted by molar-refractivity contribution is -0.114. The van der Waals surface area contributed by atoms with Gasteiger partial charge in [-0.25, -0.2) is 0 Å². The van der Waals surface area contributed by atoms with Crippen LogP contribution in [0.1, 0.15) is 13.8 Å². The summed E-state index contributed by atoms with van der Waals surface area (Å²) in [6.07, 6.45) is 1.50. The van der Waals surface area contributed by atoms with Crippen LogP contribution in [0.5, 0.6) is 0 Å². The Hall–Kier alpha value is -1.23. The topological polar surface area (TPSA) is 43.1 Å². The van der Waals surface area contributed by atoms with Gasteiger partial charge in [0.2, 0.25) is 5.91 Å². The molecule has 48 valence electrons. The Bertz CT molecular complexity index is 193. The smallest absolute Gasteiger partial charge is 0.244 e. The third-order valence-corrected chi connectivity index (χ3v) is 0.822. The number of hydrogen-bond donors (Lipinski definition) is 1. The molecule has 9 heavy (non-hydrogen) atoms. The molecule has 0 unspecified atom stereocenters. The monoisotopic (exact) mass is 123 g/mol. The molecule has 0 aromatic heterocycles. The lowest BCUT2D eigenvalue weighted by Gasteiger charge is -1.85. The summed E-state index contributed by atoms with van der Waals surface area (Å²) in [6, 6.07) is 0. The second-order valence-corrected chi connectivity index (χ2v) is 1.59. The van der Waals surface area contributed by atoms with Crippen molar-refractivity contribution in [1.29, 1.82) is 0 Å². The summed E-state index contributed by atoms with van der Waals surface area (Å²) in [5.74, 6) is 4.82. The van der Waals surface area contributed by atoms with Crippen molar-refractivity contribution >= 4 is 5.91 Å². The van der Waals surface area contributed by atoms with Crippen LogP contribution in [0, 0.1) is 11.8 Å². The molecule has 0 fully saturated rings. The minimum Gasteiger partial charge on any atom is -0.366 e. The number of amides is 1. The van der Waals surface area contributed by atoms with Crippen LogP contribution in [-0.4, -0.2) is 5.91 Å². The number of carbonyl (C=O) groups excluding carboxylic acids is 1. The fourth-order valence-electron chi connectivity index (χ4n) is 0.252. The zero-order valence-electron chi connectivity index (χ0n) is 5.56. The van der Waals surface area contributed by atoms with Crippen LogP contribution in [0.3, 0.4) is 0 Å². The molecule has 0 aromatic carbocycles. The number of rotatable bonds is 1. The fraction of sp³-hybridized carbons (Fsp3) is 0.286. The molecule has 0 rings (SSSR count). The number of nitrogens with two attached hydrogens (primary N) is 1. The lowest BCUT2D eigenvalue weighted by atomic mass is 10.3. The number of carbonyl (C=O) groups is 1. The molecule has 0 aliphatic rings. The van der Waals surface area contributed by atoms with Gasteiger partial charge in [0, 0.05) is 5.57 Å². The largest absolute Gasteiger partial charge is 0.366 e. The Kier molecular flexibility index (Phi) is 3.22. The van der Waals surface area contributed by atoms with Crippen molar-refractivity contribution in [2.45, 2.75) is 13.8 Å². The van der Waals surface area contributed by atoms with Gasteiger partial charge >= 0.3 is 0 Å². The molecule has 0 radical (unpaired) electrons. The van der Waals surface area contributed by atoms with Crippen molar-refractivity contribution in [3.8, 4) is 11.8 Å². The summed E-state index contributed by atoms with van der Waals surface area (Å²) >= 11 is 0. The number of primary amides is 1. The summed E-state index contributed by atoms with van der Waals surface area (Å²) in [4.78, 5) is 10.3. The minimum absolute atomic E-state index is 0.419. The fourth-order valence-corrected chi connectivity index (χ4v) is 0.252. The van der Waals surface area contributed by atoms with Gasteiger partial charge in [0.1, 0.15) is 0 Å². The Morgan fingerprint density at radius 2 is 2.22 bits per heavy atom. The summed E-state index contributed by atoms with van der Waals surface area (Å²) in [5.41, 5.74) is 5.39. The van der Waals surface area contributed by atoms with Gasteiger partial charge in [-0.05, 0) is 19.9 Å². The van der Waals surface area contributed by atoms with Crippen molar-refractivity contribution < 1.29 is 4.79 Å². The SMILES string of the molecule is CC#C/C=C(\C)C(N)=O. The zero-order chi connectivity index (χ0) is 7.28. The van der Waals surface area contributed by atoms with Gasteiger partial charge in [-0.3, -0.25) is 4.79 Å². The van der Waals surface area contributed by atoms with Crippen molar-refractivity contribution in [1.82, 2.24) is 0 Å². The van der Waals surface area contributed by atoms with E-state index >= 15 is 0 Å². The Morgan fingerprint density at radius 1 is 1.67 bits per heavy atom. The van der Waals surface area contributed by atoms with E-state index in [1.807, 2.05) is 0 Å². The maximum atomic E-state index is 10.3. The Balaban J connectivity index is 4.11. The highest BCUT2D eigenvalue weighted by Gasteiger charge is 1.91. The van der Waals surface area contributed by atoms with Gasteiger partial charge in [-0.1, -0.05) is 5.92 Å². The molecule has 0 heterocycles. The van der Waals surface area contributed by atoms with Crippen LogP contribution in [0.2, 0.25) is 0 Å². The first-order valence-corrected chi connectivity index (χ1v) is 2.57. The molecule has 0 saturated heterocycles.